The van der Waals surface area contributed by atoms with Crippen LogP contribution in [0.15, 0.2) is 66.9 Å². The largest absolute Gasteiger partial charge is 0.353 e. The average molecular weight is 478 g/mol. The molecule has 7 nitrogen and oxygen atoms in total. The summed E-state index contributed by atoms with van der Waals surface area (Å²) in [6.45, 7) is 6.77. The molecule has 0 radical (unpaired) electrons. The van der Waals surface area contributed by atoms with Gasteiger partial charge in [-0.05, 0) is 47.9 Å². The highest BCUT2D eigenvalue weighted by Crippen LogP contribution is 2.21. The minimum absolute atomic E-state index is 0.0531. The van der Waals surface area contributed by atoms with E-state index in [1.165, 1.54) is 5.56 Å². The first-order valence-electron chi connectivity index (χ1n) is 11.3. The lowest BCUT2D eigenvalue weighted by atomic mass is 10.0. The summed E-state index contributed by atoms with van der Waals surface area (Å²) in [6, 6.07) is 18.3. The first-order valence-corrected chi connectivity index (χ1v) is 11.7. The molecule has 8 heteroatoms. The number of anilines is 3. The number of carbonyl (C=O) groups excluding carboxylic acids is 2. The van der Waals surface area contributed by atoms with Crippen molar-refractivity contribution < 1.29 is 9.59 Å². The topological polar surface area (TPSA) is 77.6 Å². The molecule has 1 fully saturated rings. The van der Waals surface area contributed by atoms with Crippen LogP contribution in [0.5, 0.6) is 0 Å². The number of benzene rings is 2. The van der Waals surface area contributed by atoms with Gasteiger partial charge in [0.25, 0.3) is 5.91 Å². The molecule has 2 heterocycles. The number of nitrogens with zero attached hydrogens (tertiary/aromatic N) is 3. The van der Waals surface area contributed by atoms with Crippen molar-refractivity contribution in [3.63, 3.8) is 0 Å². The number of hydrogen-bond donors (Lipinski definition) is 2. The van der Waals surface area contributed by atoms with Gasteiger partial charge in [0.1, 0.15) is 5.82 Å². The molecular weight excluding hydrogens is 450 g/mol. The number of carbonyl (C=O) groups is 2. The monoisotopic (exact) mass is 477 g/mol. The summed E-state index contributed by atoms with van der Waals surface area (Å²) < 4.78 is 0. The predicted molar refractivity (Wildman–Crippen MR) is 137 cm³/mol. The zero-order valence-corrected chi connectivity index (χ0v) is 20.0. The highest BCUT2D eigenvalue weighted by molar-refractivity contribution is 6.33. The third kappa shape index (κ3) is 5.66. The van der Waals surface area contributed by atoms with Crippen LogP contribution in [0.25, 0.3) is 0 Å². The Balaban J connectivity index is 1.29. The summed E-state index contributed by atoms with van der Waals surface area (Å²) >= 11 is 6.17. The molecule has 1 aliphatic heterocycles. The van der Waals surface area contributed by atoms with Crippen LogP contribution in [0.2, 0.25) is 5.02 Å². The average Bonchev–Trinajstić information content (AvgIpc) is 2.85. The van der Waals surface area contributed by atoms with Gasteiger partial charge in [-0.2, -0.15) is 0 Å². The molecule has 1 saturated heterocycles. The summed E-state index contributed by atoms with van der Waals surface area (Å²) in [6.07, 6.45) is 1.64. The highest BCUT2D eigenvalue weighted by Gasteiger charge is 2.24. The highest BCUT2D eigenvalue weighted by atomic mass is 35.5. The molecule has 2 aromatic carbocycles. The number of rotatable bonds is 5. The smallest absolute Gasteiger partial charge is 0.323 e. The van der Waals surface area contributed by atoms with E-state index in [1.807, 2.05) is 53.4 Å². The number of aromatic nitrogens is 1. The van der Waals surface area contributed by atoms with Crippen molar-refractivity contribution in [3.05, 3.63) is 83.0 Å². The number of urea groups is 1. The van der Waals surface area contributed by atoms with Gasteiger partial charge in [0.15, 0.2) is 0 Å². The van der Waals surface area contributed by atoms with Crippen molar-refractivity contribution in [2.45, 2.75) is 19.8 Å². The fraction of sp³-hybridized carbons (Fsp3) is 0.269. The molecule has 0 spiro atoms. The molecule has 0 bridgehead atoms. The molecule has 34 heavy (non-hydrogen) atoms. The molecular formula is C26H28ClN5O2. The van der Waals surface area contributed by atoms with E-state index >= 15 is 0 Å². The first kappa shape index (κ1) is 23.6. The molecule has 4 rings (SSSR count). The van der Waals surface area contributed by atoms with Crippen LogP contribution in [0.1, 0.15) is 35.7 Å². The van der Waals surface area contributed by atoms with Crippen molar-refractivity contribution in [1.29, 1.82) is 0 Å². The molecule has 1 aromatic heterocycles. The second-order valence-electron chi connectivity index (χ2n) is 8.52. The van der Waals surface area contributed by atoms with Gasteiger partial charge in [-0.15, -0.1) is 0 Å². The van der Waals surface area contributed by atoms with Crippen LogP contribution < -0.4 is 15.5 Å². The lowest BCUT2D eigenvalue weighted by Crippen LogP contribution is -2.49. The first-order chi connectivity index (χ1) is 16.4. The number of amides is 3. The van der Waals surface area contributed by atoms with Crippen LogP contribution in [0, 0.1) is 0 Å². The van der Waals surface area contributed by atoms with Crippen molar-refractivity contribution in [2.75, 3.05) is 41.7 Å². The molecule has 0 saturated carbocycles. The van der Waals surface area contributed by atoms with E-state index in [-0.39, 0.29) is 11.9 Å². The molecule has 3 amide bonds. The molecule has 3 aromatic rings. The fourth-order valence-electron chi connectivity index (χ4n) is 3.84. The molecule has 176 valence electrons. The zero-order valence-electron chi connectivity index (χ0n) is 19.3. The second kappa shape index (κ2) is 10.6. The number of pyridine rings is 1. The van der Waals surface area contributed by atoms with Crippen LogP contribution in [-0.4, -0.2) is 48.0 Å². The van der Waals surface area contributed by atoms with E-state index in [9.17, 15) is 9.59 Å². The quantitative estimate of drug-likeness (QED) is 0.511. The number of halogens is 1. The Kier molecular flexibility index (Phi) is 7.33. The van der Waals surface area contributed by atoms with Gasteiger partial charge in [0, 0.05) is 31.9 Å². The van der Waals surface area contributed by atoms with Gasteiger partial charge in [-0.1, -0.05) is 49.7 Å². The Morgan fingerprint density at radius 1 is 0.882 bits per heavy atom. The second-order valence-corrected chi connectivity index (χ2v) is 8.93. The summed E-state index contributed by atoms with van der Waals surface area (Å²) in [5.74, 6) is 1.20. The van der Waals surface area contributed by atoms with Crippen LogP contribution >= 0.6 is 11.6 Å². The molecule has 0 aliphatic carbocycles. The molecule has 2 N–H and O–H groups in total. The maximum Gasteiger partial charge on any atom is 0.323 e. The van der Waals surface area contributed by atoms with E-state index in [2.05, 4.69) is 34.4 Å². The van der Waals surface area contributed by atoms with Crippen molar-refractivity contribution >= 4 is 40.7 Å². The summed E-state index contributed by atoms with van der Waals surface area (Å²) in [5, 5.41) is 6.11. The Bertz CT molecular complexity index is 1140. The summed E-state index contributed by atoms with van der Waals surface area (Å²) in [7, 11) is 0. The van der Waals surface area contributed by atoms with Gasteiger partial charge < -0.3 is 20.4 Å². The number of piperazine rings is 1. The number of nitrogens with one attached hydrogen (secondary N) is 2. The maximum atomic E-state index is 12.7. The Morgan fingerprint density at radius 2 is 1.53 bits per heavy atom. The van der Waals surface area contributed by atoms with Gasteiger partial charge in [-0.3, -0.25) is 4.79 Å². The lowest BCUT2D eigenvalue weighted by molar-refractivity contribution is 0.0746. The SMILES string of the molecule is CC(C)c1ccc(NC(=O)Nc2ccc(N3CCN(C(=O)c4ccccc4Cl)CC3)nc2)cc1. The standard InChI is InChI=1S/C26H28ClN5O2/c1-18(2)19-7-9-20(10-8-19)29-26(34)30-21-11-12-24(28-17-21)31-13-15-32(16-14-31)25(33)22-5-3-4-6-23(22)27/h3-12,17-18H,13-16H2,1-2H3,(H2,29,30,34). The van der Waals surface area contributed by atoms with E-state index in [0.717, 1.165) is 11.5 Å². The van der Waals surface area contributed by atoms with Gasteiger partial charge >= 0.3 is 6.03 Å². The van der Waals surface area contributed by atoms with E-state index in [1.54, 1.807) is 18.3 Å². The Hall–Kier alpha value is -3.58. The summed E-state index contributed by atoms with van der Waals surface area (Å²) in [4.78, 5) is 33.5. The minimum Gasteiger partial charge on any atom is -0.353 e. The molecule has 0 unspecified atom stereocenters. The third-order valence-corrected chi connectivity index (χ3v) is 6.17. The van der Waals surface area contributed by atoms with E-state index < -0.39 is 0 Å². The summed E-state index contributed by atoms with van der Waals surface area (Å²) in [5.41, 5.74) is 3.09. The van der Waals surface area contributed by atoms with Crippen molar-refractivity contribution in [2.24, 2.45) is 0 Å². The van der Waals surface area contributed by atoms with Crippen LogP contribution in [-0.2, 0) is 0 Å². The van der Waals surface area contributed by atoms with Gasteiger partial charge in [0.05, 0.1) is 22.5 Å². The Labute approximate surface area is 204 Å². The van der Waals surface area contributed by atoms with Crippen LogP contribution in [0.4, 0.5) is 22.0 Å². The molecule has 0 atom stereocenters. The van der Waals surface area contributed by atoms with E-state index in [4.69, 9.17) is 11.6 Å². The lowest BCUT2D eigenvalue weighted by Gasteiger charge is -2.35. The maximum absolute atomic E-state index is 12.7. The zero-order chi connectivity index (χ0) is 24.1. The van der Waals surface area contributed by atoms with Crippen molar-refractivity contribution in [1.82, 2.24) is 9.88 Å². The van der Waals surface area contributed by atoms with Gasteiger partial charge in [-0.25, -0.2) is 9.78 Å². The third-order valence-electron chi connectivity index (χ3n) is 5.84. The predicted octanol–water partition coefficient (Wildman–Crippen LogP) is 5.46. The van der Waals surface area contributed by atoms with E-state index in [0.29, 0.717) is 48.4 Å². The fourth-order valence-corrected chi connectivity index (χ4v) is 4.05. The van der Waals surface area contributed by atoms with Crippen LogP contribution in [0.3, 0.4) is 0 Å². The normalized spacial score (nSPS) is 13.6. The minimum atomic E-state index is -0.321. The van der Waals surface area contributed by atoms with Crippen molar-refractivity contribution in [3.8, 4) is 0 Å². The Morgan fingerprint density at radius 3 is 2.15 bits per heavy atom. The number of hydrogen-bond acceptors (Lipinski definition) is 4. The van der Waals surface area contributed by atoms with Gasteiger partial charge in [0.2, 0.25) is 0 Å². The molecule has 1 aliphatic rings.